The molecule has 35 heavy (non-hydrogen) atoms. The molecule has 2 atom stereocenters. The number of aryl methyl sites for hydroxylation is 1. The molecule has 188 valence electrons. The minimum absolute atomic E-state index is 0.0270. The van der Waals surface area contributed by atoms with Gasteiger partial charge in [-0.3, -0.25) is 14.4 Å². The Morgan fingerprint density at radius 2 is 2.06 bits per heavy atom. The number of methoxy groups -OCH3 is 1. The number of benzene rings is 1. The van der Waals surface area contributed by atoms with Crippen LogP contribution in [0.4, 0.5) is 4.39 Å². The first kappa shape index (κ1) is 25.2. The number of halogens is 2. The maximum atomic E-state index is 14.6. The van der Waals surface area contributed by atoms with Crippen molar-refractivity contribution >= 4 is 23.3 Å². The lowest BCUT2D eigenvalue weighted by molar-refractivity contribution is 0.0664. The van der Waals surface area contributed by atoms with E-state index in [-0.39, 0.29) is 46.7 Å². The molecule has 1 amide bonds. The predicted molar refractivity (Wildman–Crippen MR) is 127 cm³/mol. The number of carbonyl (C=O) groups excluding carboxylic acids is 2. The molecule has 2 aliphatic rings. The maximum absolute atomic E-state index is 14.6. The van der Waals surface area contributed by atoms with Crippen LogP contribution in [0.25, 0.3) is 0 Å². The van der Waals surface area contributed by atoms with Crippen LogP contribution in [0.5, 0.6) is 11.5 Å². The fourth-order valence-corrected chi connectivity index (χ4v) is 5.12. The standard InChI is InChI=1S/C25H28ClFN2O6/c1-13(2)35-16-7-14(20(27)18(26)8-16)5-6-19(30)17-10-29-21(23(32)22(17)31)24(33)28(3)12-25(29)9-15(25)11-34-4/h7-8,10,13,15,32H,5-6,9,11-12H2,1-4H3. The third kappa shape index (κ3) is 4.43. The molecule has 1 aliphatic carbocycles. The summed E-state index contributed by atoms with van der Waals surface area (Å²) in [4.78, 5) is 40.2. The highest BCUT2D eigenvalue weighted by Gasteiger charge is 2.60. The van der Waals surface area contributed by atoms with Gasteiger partial charge in [-0.05, 0) is 38.3 Å². The number of rotatable bonds is 8. The Labute approximate surface area is 207 Å². The summed E-state index contributed by atoms with van der Waals surface area (Å²) >= 11 is 5.99. The highest BCUT2D eigenvalue weighted by molar-refractivity contribution is 6.31. The summed E-state index contributed by atoms with van der Waals surface area (Å²) in [6.07, 6.45) is 1.66. The van der Waals surface area contributed by atoms with Gasteiger partial charge in [0.2, 0.25) is 5.43 Å². The third-order valence-corrected chi connectivity index (χ3v) is 6.94. The van der Waals surface area contributed by atoms with Crippen molar-refractivity contribution in [2.45, 2.75) is 44.8 Å². The molecule has 1 fully saturated rings. The van der Waals surface area contributed by atoms with Gasteiger partial charge in [-0.15, -0.1) is 0 Å². The van der Waals surface area contributed by atoms with E-state index in [0.717, 1.165) is 0 Å². The molecular weight excluding hydrogens is 479 g/mol. The summed E-state index contributed by atoms with van der Waals surface area (Å²) < 4.78 is 27.0. The minimum Gasteiger partial charge on any atom is -0.503 e. The summed E-state index contributed by atoms with van der Waals surface area (Å²) in [6.45, 7) is 4.45. The number of hydrogen-bond donors (Lipinski definition) is 1. The molecular formula is C25H28ClFN2O6. The fraction of sp³-hybridized carbons (Fsp3) is 0.480. The SMILES string of the molecule is COCC1CC12CN(C)C(=O)c1c(O)c(=O)c(C(=O)CCc3cc(OC(C)C)cc(Cl)c3F)cn12. The molecule has 1 spiro atoms. The number of likely N-dealkylation sites (N-methyl/N-ethyl adjacent to an activating group) is 1. The number of Topliss-reactive ketones (excluding diaryl/α,β-unsaturated/α-hetero) is 1. The molecule has 4 rings (SSSR count). The van der Waals surface area contributed by atoms with E-state index < -0.39 is 34.2 Å². The number of aromatic nitrogens is 1. The molecule has 0 saturated heterocycles. The molecule has 10 heteroatoms. The van der Waals surface area contributed by atoms with Crippen LogP contribution in [0, 0.1) is 11.7 Å². The normalized spacial score (nSPS) is 20.9. The molecule has 1 N–H and O–H groups in total. The Hall–Kier alpha value is -2.91. The number of carbonyl (C=O) groups is 2. The van der Waals surface area contributed by atoms with Gasteiger partial charge in [-0.1, -0.05) is 11.6 Å². The van der Waals surface area contributed by atoms with Gasteiger partial charge < -0.3 is 24.0 Å². The maximum Gasteiger partial charge on any atom is 0.274 e. The molecule has 0 bridgehead atoms. The number of ketones is 1. The molecule has 1 saturated carbocycles. The third-order valence-electron chi connectivity index (χ3n) is 6.66. The van der Waals surface area contributed by atoms with E-state index in [2.05, 4.69) is 0 Å². The second kappa shape index (κ2) is 9.28. The van der Waals surface area contributed by atoms with Crippen molar-refractivity contribution in [3.63, 3.8) is 0 Å². The van der Waals surface area contributed by atoms with Crippen molar-refractivity contribution in [2.24, 2.45) is 5.92 Å². The van der Waals surface area contributed by atoms with Crippen molar-refractivity contribution in [2.75, 3.05) is 27.3 Å². The van der Waals surface area contributed by atoms with Gasteiger partial charge in [0.05, 0.1) is 28.8 Å². The van der Waals surface area contributed by atoms with Crippen LogP contribution in [-0.4, -0.2) is 59.7 Å². The highest BCUT2D eigenvalue weighted by atomic mass is 35.5. The van der Waals surface area contributed by atoms with Crippen LogP contribution in [0.1, 0.15) is 53.1 Å². The van der Waals surface area contributed by atoms with E-state index in [9.17, 15) is 23.9 Å². The summed E-state index contributed by atoms with van der Waals surface area (Å²) in [6, 6.07) is 2.85. The Morgan fingerprint density at radius 1 is 1.34 bits per heavy atom. The topological polar surface area (TPSA) is 98.1 Å². The average molecular weight is 507 g/mol. The van der Waals surface area contributed by atoms with Crippen molar-refractivity contribution in [3.05, 3.63) is 56.2 Å². The van der Waals surface area contributed by atoms with Crippen LogP contribution < -0.4 is 10.2 Å². The van der Waals surface area contributed by atoms with Crippen LogP contribution in [-0.2, 0) is 16.7 Å². The van der Waals surface area contributed by atoms with E-state index in [1.165, 1.54) is 23.2 Å². The molecule has 2 unspecified atom stereocenters. The first-order chi connectivity index (χ1) is 16.5. The average Bonchev–Trinajstić information content (AvgIpc) is 3.47. The summed E-state index contributed by atoms with van der Waals surface area (Å²) in [5.41, 5.74) is -1.67. The summed E-state index contributed by atoms with van der Waals surface area (Å²) in [5, 5.41) is 10.5. The van der Waals surface area contributed by atoms with E-state index in [4.69, 9.17) is 21.1 Å². The lowest BCUT2D eigenvalue weighted by Gasteiger charge is -2.35. The number of hydrogen-bond acceptors (Lipinski definition) is 6. The van der Waals surface area contributed by atoms with Gasteiger partial charge in [-0.2, -0.15) is 0 Å². The van der Waals surface area contributed by atoms with Crippen LogP contribution in [0.2, 0.25) is 5.02 Å². The first-order valence-corrected chi connectivity index (χ1v) is 11.8. The molecule has 2 aromatic rings. The predicted octanol–water partition coefficient (Wildman–Crippen LogP) is 3.40. The van der Waals surface area contributed by atoms with Gasteiger partial charge >= 0.3 is 0 Å². The lowest BCUT2D eigenvalue weighted by Crippen LogP contribution is -2.48. The molecule has 0 radical (unpaired) electrons. The Kier molecular flexibility index (Phi) is 6.68. The van der Waals surface area contributed by atoms with Crippen molar-refractivity contribution in [3.8, 4) is 11.5 Å². The Bertz CT molecular complexity index is 1260. The van der Waals surface area contributed by atoms with E-state index in [0.29, 0.717) is 25.3 Å². The van der Waals surface area contributed by atoms with E-state index >= 15 is 0 Å². The zero-order chi connectivity index (χ0) is 25.7. The van der Waals surface area contributed by atoms with Gasteiger partial charge in [0.1, 0.15) is 11.6 Å². The molecule has 1 aliphatic heterocycles. The lowest BCUT2D eigenvalue weighted by atomic mass is 10.00. The zero-order valence-electron chi connectivity index (χ0n) is 20.1. The molecule has 8 nitrogen and oxygen atoms in total. The summed E-state index contributed by atoms with van der Waals surface area (Å²) in [5.74, 6) is -2.04. The monoisotopic (exact) mass is 506 g/mol. The van der Waals surface area contributed by atoms with E-state index in [1.54, 1.807) is 18.7 Å². The van der Waals surface area contributed by atoms with Crippen LogP contribution >= 0.6 is 11.6 Å². The smallest absolute Gasteiger partial charge is 0.274 e. The minimum atomic E-state index is -0.917. The van der Waals surface area contributed by atoms with Gasteiger partial charge in [0.15, 0.2) is 17.2 Å². The first-order valence-electron chi connectivity index (χ1n) is 11.4. The van der Waals surface area contributed by atoms with Crippen molar-refractivity contribution in [1.82, 2.24) is 9.47 Å². The molecule has 2 heterocycles. The summed E-state index contributed by atoms with van der Waals surface area (Å²) in [7, 11) is 3.19. The number of nitrogens with zero attached hydrogens (tertiary/aromatic N) is 2. The van der Waals surface area contributed by atoms with Crippen molar-refractivity contribution < 1.29 is 28.6 Å². The second-order valence-corrected chi connectivity index (χ2v) is 9.94. The number of ether oxygens (including phenoxy) is 2. The largest absolute Gasteiger partial charge is 0.503 e. The Balaban J connectivity index is 1.66. The number of fused-ring (bicyclic) bond motifs is 2. The zero-order valence-corrected chi connectivity index (χ0v) is 20.8. The number of aromatic hydroxyl groups is 1. The highest BCUT2D eigenvalue weighted by Crippen LogP contribution is 2.53. The van der Waals surface area contributed by atoms with Gasteiger partial charge in [0, 0.05) is 45.3 Å². The van der Waals surface area contributed by atoms with Crippen LogP contribution in [0.3, 0.4) is 0 Å². The van der Waals surface area contributed by atoms with Crippen molar-refractivity contribution in [1.29, 1.82) is 0 Å². The quantitative estimate of drug-likeness (QED) is 0.551. The van der Waals surface area contributed by atoms with Gasteiger partial charge in [-0.25, -0.2) is 4.39 Å². The molecule has 1 aromatic heterocycles. The number of amides is 1. The molecule has 1 aromatic carbocycles. The van der Waals surface area contributed by atoms with E-state index in [1.807, 2.05) is 13.8 Å². The Morgan fingerprint density at radius 3 is 2.71 bits per heavy atom. The van der Waals surface area contributed by atoms with Crippen LogP contribution in [0.15, 0.2) is 23.1 Å². The number of pyridine rings is 1. The fourth-order valence-electron chi connectivity index (χ4n) is 4.89. The second-order valence-electron chi connectivity index (χ2n) is 9.53. The van der Waals surface area contributed by atoms with Gasteiger partial charge in [0.25, 0.3) is 5.91 Å².